The van der Waals surface area contributed by atoms with E-state index in [1.807, 2.05) is 13.8 Å². The SMILES string of the molecule is CC[C@H](O)[C@@H](C)[C@H]1O[C@@H]1C[C@@](C)(O)/C=C/C=C(\C)[C@H]1OC(=O)C[C@H](O)CC[C@@](C)(OC(=O)N2CCN(C(=O)OCc3ccc(NC(=O)[C@H](CCCNC(N)=O)CC(=O)[C@@H](NC(=O)CCCCCN4C(=O)C=CC4=O)C(C)C)cc3)CC2)[C@@H](OC(C)=O)/C=C/[C@@H]1C. The number of aliphatic hydroxyl groups is 3. The summed E-state index contributed by atoms with van der Waals surface area (Å²) in [4.78, 5) is 133. The summed E-state index contributed by atoms with van der Waals surface area (Å²) in [7, 11) is 0. The molecular formula is C65H95N7O18. The van der Waals surface area contributed by atoms with Crippen molar-refractivity contribution in [3.8, 4) is 0 Å². The maximum atomic E-state index is 14.0. The smallest absolute Gasteiger partial charge is 0.410 e. The van der Waals surface area contributed by atoms with Gasteiger partial charge in [0.2, 0.25) is 11.8 Å². The summed E-state index contributed by atoms with van der Waals surface area (Å²) in [5.74, 6) is -4.99. The number of hydrogen-bond donors (Lipinski definition) is 7. The van der Waals surface area contributed by atoms with Crippen LogP contribution in [0.4, 0.5) is 20.1 Å². The zero-order chi connectivity index (χ0) is 66.5. The Morgan fingerprint density at radius 1 is 0.922 bits per heavy atom. The maximum absolute atomic E-state index is 14.0. The number of cyclic esters (lactones) is 1. The molecule has 12 atom stereocenters. The summed E-state index contributed by atoms with van der Waals surface area (Å²) in [6, 6.07) is 4.91. The number of Topliss-reactive ketones (excluding diaryl/α,β-unsaturated/α-hetero) is 1. The number of nitrogens with two attached hydrogens (primary N) is 1. The first kappa shape index (κ1) is 73.3. The molecule has 25 heteroatoms. The lowest BCUT2D eigenvalue weighted by molar-refractivity contribution is -0.158. The minimum absolute atomic E-state index is 0.0261. The Morgan fingerprint density at radius 3 is 2.20 bits per heavy atom. The van der Waals surface area contributed by atoms with E-state index in [4.69, 9.17) is 29.4 Å². The number of unbranched alkanes of at least 4 members (excludes halogenated alkanes) is 2. The summed E-state index contributed by atoms with van der Waals surface area (Å²) in [5.41, 5.74) is 4.03. The quantitative estimate of drug-likeness (QED) is 0.00944. The van der Waals surface area contributed by atoms with Gasteiger partial charge in [-0.1, -0.05) is 77.5 Å². The van der Waals surface area contributed by atoms with E-state index < -0.39 is 89.6 Å². The predicted octanol–water partition coefficient (Wildman–Crippen LogP) is 5.82. The number of primary amides is 1. The first-order valence-electron chi connectivity index (χ1n) is 31.3. The number of nitrogens with one attached hydrogen (secondary N) is 3. The molecule has 1 aromatic carbocycles. The average Bonchev–Trinajstić information content (AvgIpc) is 1.86. The van der Waals surface area contributed by atoms with Gasteiger partial charge in [0, 0.05) is 101 Å². The zero-order valence-electron chi connectivity index (χ0n) is 53.5. The highest BCUT2D eigenvalue weighted by molar-refractivity contribution is 6.12. The second-order valence-electron chi connectivity index (χ2n) is 24.8. The molecule has 0 spiro atoms. The first-order valence-corrected chi connectivity index (χ1v) is 31.3. The number of epoxide rings is 1. The second-order valence-corrected chi connectivity index (χ2v) is 24.8. The van der Waals surface area contributed by atoms with E-state index in [0.29, 0.717) is 55.3 Å². The highest BCUT2D eigenvalue weighted by Gasteiger charge is 2.47. The highest BCUT2D eigenvalue weighted by Crippen LogP contribution is 2.38. The number of esters is 2. The number of ether oxygens (including phenoxy) is 5. The normalized spacial score (nSPS) is 24.7. The van der Waals surface area contributed by atoms with Crippen LogP contribution < -0.4 is 21.7 Å². The number of carbonyl (C=O) groups is 10. The van der Waals surface area contributed by atoms with Gasteiger partial charge < -0.3 is 70.5 Å². The van der Waals surface area contributed by atoms with E-state index in [0.717, 1.165) is 4.90 Å². The number of piperazine rings is 1. The molecule has 4 aliphatic heterocycles. The van der Waals surface area contributed by atoms with Crippen molar-refractivity contribution < 1.29 is 86.9 Å². The third-order valence-electron chi connectivity index (χ3n) is 16.7. The Balaban J connectivity index is 1.13. The van der Waals surface area contributed by atoms with Crippen molar-refractivity contribution in [2.75, 3.05) is 44.6 Å². The third kappa shape index (κ3) is 23.4. The molecular weight excluding hydrogens is 1170 g/mol. The van der Waals surface area contributed by atoms with E-state index in [1.54, 1.807) is 96.2 Å². The Bertz CT molecular complexity index is 2770. The van der Waals surface area contributed by atoms with Crippen LogP contribution in [0.1, 0.15) is 145 Å². The number of allylic oxidation sites excluding steroid dienone is 2. The number of hydrogen-bond acceptors (Lipinski definition) is 18. The Labute approximate surface area is 527 Å². The standard InChI is InChI=1S/C65H95N7O18/c1-10-49(75)43(6)59-51(88-59)38-64(8,85)28-14-16-41(4)58-42(5)19-24-52(87-44(7)73)65(9,29-27-48(74)37-56(80)89-58)90-63(84)71-34-32-70(33-35-71)62(83)86-39-45-20-22-47(23-21-45)68-60(81)46(17-15-30-67-61(66)82)36-50(76)57(40(2)3)69-53(77)18-12-11-13-31-72-54(78)25-26-55(72)79/h14,16,19-26,28,40,42-43,46,48-49,51-52,57-59,74-75,85H,10-13,15,17-18,27,29-39H2,1-9H3,(H,68,81)(H,69,77)(H3,66,67,82)/b24-19+,28-14+,41-16+/t42-,43+,46+,48+,49-,51+,52-,57-,58+,59+,64-,65+/m0/s1. The number of nitrogens with zero attached hydrogens (tertiary/aromatic N) is 3. The number of anilines is 1. The molecule has 5 rings (SSSR count). The van der Waals surface area contributed by atoms with Crippen molar-refractivity contribution in [3.05, 3.63) is 77.9 Å². The van der Waals surface area contributed by atoms with Gasteiger partial charge in [-0.3, -0.25) is 38.5 Å². The summed E-state index contributed by atoms with van der Waals surface area (Å²) < 4.78 is 29.3. The van der Waals surface area contributed by atoms with E-state index >= 15 is 0 Å². The van der Waals surface area contributed by atoms with Crippen LogP contribution in [0.25, 0.3) is 0 Å². The molecule has 4 heterocycles. The monoisotopic (exact) mass is 1260 g/mol. The summed E-state index contributed by atoms with van der Waals surface area (Å²) in [5, 5.41) is 40.7. The predicted molar refractivity (Wildman–Crippen MR) is 330 cm³/mol. The molecule has 90 heavy (non-hydrogen) atoms. The number of imide groups is 1. The van der Waals surface area contributed by atoms with Crippen LogP contribution in [-0.2, 0) is 63.9 Å². The molecule has 25 nitrogen and oxygen atoms in total. The van der Waals surface area contributed by atoms with Gasteiger partial charge in [-0.15, -0.1) is 0 Å². The molecule has 4 aliphatic rings. The molecule has 2 fully saturated rings. The zero-order valence-corrected chi connectivity index (χ0v) is 53.5. The number of urea groups is 1. The van der Waals surface area contributed by atoms with E-state index in [1.165, 1.54) is 28.9 Å². The average molecular weight is 1260 g/mol. The summed E-state index contributed by atoms with van der Waals surface area (Å²) in [6.45, 7) is 16.0. The number of ketones is 1. The lowest BCUT2D eigenvalue weighted by Gasteiger charge is -2.39. The fourth-order valence-corrected chi connectivity index (χ4v) is 11.1. The molecule has 8 amide bonds. The molecule has 0 unspecified atom stereocenters. The molecule has 0 radical (unpaired) electrons. The maximum Gasteiger partial charge on any atom is 0.410 e. The number of benzene rings is 1. The molecule has 1 aromatic rings. The van der Waals surface area contributed by atoms with E-state index in [-0.39, 0.29) is 132 Å². The first-order chi connectivity index (χ1) is 42.5. The Kier molecular flexibility index (Phi) is 28.2. The lowest BCUT2D eigenvalue weighted by atomic mass is 9.88. The minimum atomic E-state index is -1.54. The molecule has 0 bridgehead atoms. The van der Waals surface area contributed by atoms with Crippen molar-refractivity contribution in [1.82, 2.24) is 25.3 Å². The molecule has 0 saturated carbocycles. The van der Waals surface area contributed by atoms with Crippen molar-refractivity contribution >= 4 is 65.3 Å². The third-order valence-corrected chi connectivity index (χ3v) is 16.7. The minimum Gasteiger partial charge on any atom is -0.457 e. The van der Waals surface area contributed by atoms with Crippen LogP contribution >= 0.6 is 0 Å². The second kappa shape index (κ2) is 34.6. The van der Waals surface area contributed by atoms with Gasteiger partial charge >= 0.3 is 30.2 Å². The fraction of sp³-hybridized carbons (Fsp3) is 0.631. The van der Waals surface area contributed by atoms with Gasteiger partial charge in [0.25, 0.3) is 11.8 Å². The molecule has 8 N–H and O–H groups in total. The Hall–Kier alpha value is -7.48. The van der Waals surface area contributed by atoms with Gasteiger partial charge in [0.15, 0.2) is 17.5 Å². The van der Waals surface area contributed by atoms with Crippen molar-refractivity contribution in [2.45, 2.75) is 200 Å². The van der Waals surface area contributed by atoms with Crippen LogP contribution in [0, 0.1) is 23.7 Å². The number of aliphatic hydroxyl groups excluding tert-OH is 2. The van der Waals surface area contributed by atoms with Gasteiger partial charge in [0.05, 0.1) is 42.5 Å². The molecule has 2 saturated heterocycles. The Morgan fingerprint density at radius 2 is 1.58 bits per heavy atom. The number of carbonyl (C=O) groups excluding carboxylic acids is 10. The van der Waals surface area contributed by atoms with Crippen LogP contribution in [0.15, 0.2) is 72.4 Å². The van der Waals surface area contributed by atoms with Crippen LogP contribution in [0.5, 0.6) is 0 Å². The molecule has 0 aromatic heterocycles. The lowest BCUT2D eigenvalue weighted by Crippen LogP contribution is -2.54. The van der Waals surface area contributed by atoms with Crippen LogP contribution in [0.2, 0.25) is 0 Å². The van der Waals surface area contributed by atoms with Crippen molar-refractivity contribution in [2.24, 2.45) is 29.4 Å². The summed E-state index contributed by atoms with van der Waals surface area (Å²) in [6.07, 6.45) is 7.69. The number of amides is 8. The van der Waals surface area contributed by atoms with Crippen molar-refractivity contribution in [1.29, 1.82) is 0 Å². The fourth-order valence-electron chi connectivity index (χ4n) is 11.1. The van der Waals surface area contributed by atoms with E-state index in [2.05, 4.69) is 16.0 Å². The largest absolute Gasteiger partial charge is 0.457 e. The highest BCUT2D eigenvalue weighted by atomic mass is 16.6. The van der Waals surface area contributed by atoms with Gasteiger partial charge in [0.1, 0.15) is 12.7 Å². The summed E-state index contributed by atoms with van der Waals surface area (Å²) >= 11 is 0. The number of rotatable bonds is 29. The molecule has 0 aliphatic carbocycles. The van der Waals surface area contributed by atoms with Gasteiger partial charge in [-0.25, -0.2) is 14.4 Å². The van der Waals surface area contributed by atoms with Gasteiger partial charge in [-0.2, -0.15) is 0 Å². The van der Waals surface area contributed by atoms with Gasteiger partial charge in [-0.05, 0) is 101 Å². The molecule has 498 valence electrons. The topological polar surface area (TPSA) is 353 Å². The van der Waals surface area contributed by atoms with Crippen molar-refractivity contribution in [3.63, 3.8) is 0 Å². The van der Waals surface area contributed by atoms with Crippen LogP contribution in [-0.4, -0.2) is 183 Å². The van der Waals surface area contributed by atoms with Crippen LogP contribution in [0.3, 0.4) is 0 Å². The van der Waals surface area contributed by atoms with E-state index in [9.17, 15) is 63.3 Å².